The molecule has 24 heavy (non-hydrogen) atoms. The average molecular weight is 330 g/mol. The molecule has 2 aromatic rings. The van der Waals surface area contributed by atoms with Gasteiger partial charge in [-0.15, -0.1) is 0 Å². The fraction of sp³-hybridized carbons (Fsp3) is 0.375. The summed E-state index contributed by atoms with van der Waals surface area (Å²) in [6.07, 6.45) is 0.846. The van der Waals surface area contributed by atoms with E-state index in [1.165, 1.54) is 6.92 Å². The zero-order valence-electron chi connectivity index (χ0n) is 13.5. The Morgan fingerprint density at radius 1 is 1.42 bits per heavy atom. The van der Waals surface area contributed by atoms with Gasteiger partial charge >= 0.3 is 0 Å². The zero-order valence-corrected chi connectivity index (χ0v) is 13.5. The number of ether oxygens (including phenoxy) is 1. The number of fused-ring (bicyclic) bond motifs is 1. The van der Waals surface area contributed by atoms with E-state index >= 15 is 0 Å². The smallest absolute Gasteiger partial charge is 0.265 e. The molecule has 1 aromatic heterocycles. The number of hydrogen-bond donors (Lipinski definition) is 1. The van der Waals surface area contributed by atoms with Gasteiger partial charge in [-0.25, -0.2) is 0 Å². The van der Waals surface area contributed by atoms with Crippen LogP contribution in [0.25, 0.3) is 11.4 Å². The molecule has 0 spiro atoms. The SMILES string of the molecule is CCCN1C(=O)COc2ccc(-c3noc(CNC(C)=O)n3)cc21. The van der Waals surface area contributed by atoms with Gasteiger partial charge in [-0.3, -0.25) is 9.59 Å². The van der Waals surface area contributed by atoms with E-state index in [0.29, 0.717) is 35.3 Å². The molecule has 1 aromatic carbocycles. The Bertz CT molecular complexity index is 771. The number of carbonyl (C=O) groups excluding carboxylic acids is 2. The van der Waals surface area contributed by atoms with E-state index in [4.69, 9.17) is 9.26 Å². The number of hydrogen-bond acceptors (Lipinski definition) is 6. The van der Waals surface area contributed by atoms with Crippen molar-refractivity contribution in [3.05, 3.63) is 24.1 Å². The molecule has 1 aliphatic heterocycles. The van der Waals surface area contributed by atoms with Crippen LogP contribution in [0, 0.1) is 0 Å². The Balaban J connectivity index is 1.88. The maximum absolute atomic E-state index is 12.1. The van der Waals surface area contributed by atoms with Crippen molar-refractivity contribution in [2.24, 2.45) is 0 Å². The summed E-state index contributed by atoms with van der Waals surface area (Å²) in [5.74, 6) is 1.13. The summed E-state index contributed by atoms with van der Waals surface area (Å²) in [5, 5.41) is 6.52. The lowest BCUT2D eigenvalue weighted by Crippen LogP contribution is -2.39. The summed E-state index contributed by atoms with van der Waals surface area (Å²) >= 11 is 0. The molecule has 126 valence electrons. The number of benzene rings is 1. The van der Waals surface area contributed by atoms with Gasteiger partial charge in [0.2, 0.25) is 17.6 Å². The minimum Gasteiger partial charge on any atom is -0.482 e. The van der Waals surface area contributed by atoms with Gasteiger partial charge in [-0.1, -0.05) is 12.1 Å². The summed E-state index contributed by atoms with van der Waals surface area (Å²) < 4.78 is 10.6. The molecule has 0 atom stereocenters. The predicted octanol–water partition coefficient (Wildman–Crippen LogP) is 1.51. The van der Waals surface area contributed by atoms with Gasteiger partial charge in [0.15, 0.2) is 6.61 Å². The number of nitrogens with one attached hydrogen (secondary N) is 1. The fourth-order valence-corrected chi connectivity index (χ4v) is 2.45. The topological polar surface area (TPSA) is 97.6 Å². The summed E-state index contributed by atoms with van der Waals surface area (Å²) in [5.41, 5.74) is 1.42. The third kappa shape index (κ3) is 3.22. The summed E-state index contributed by atoms with van der Waals surface area (Å²) in [6, 6.07) is 5.42. The van der Waals surface area contributed by atoms with Crippen LogP contribution in [0.1, 0.15) is 26.2 Å². The second-order valence-electron chi connectivity index (χ2n) is 5.44. The van der Waals surface area contributed by atoms with E-state index in [-0.39, 0.29) is 25.0 Å². The molecule has 2 amide bonds. The molecule has 0 saturated carbocycles. The van der Waals surface area contributed by atoms with Crippen LogP contribution >= 0.6 is 0 Å². The highest BCUT2D eigenvalue weighted by molar-refractivity contribution is 5.98. The molecular weight excluding hydrogens is 312 g/mol. The minimum absolute atomic E-state index is 0.0510. The first kappa shape index (κ1) is 16.0. The van der Waals surface area contributed by atoms with Gasteiger partial charge in [0.05, 0.1) is 12.2 Å². The van der Waals surface area contributed by atoms with Gasteiger partial charge in [-0.05, 0) is 24.6 Å². The van der Waals surface area contributed by atoms with E-state index in [1.54, 1.807) is 11.0 Å². The molecule has 2 heterocycles. The summed E-state index contributed by atoms with van der Waals surface area (Å²) in [4.78, 5) is 29.0. The highest BCUT2D eigenvalue weighted by atomic mass is 16.5. The van der Waals surface area contributed by atoms with E-state index in [0.717, 1.165) is 6.42 Å². The van der Waals surface area contributed by atoms with E-state index in [9.17, 15) is 9.59 Å². The largest absolute Gasteiger partial charge is 0.482 e. The Labute approximate surface area is 138 Å². The molecule has 1 aliphatic rings. The van der Waals surface area contributed by atoms with Crippen LogP contribution in [-0.4, -0.2) is 35.1 Å². The molecular formula is C16H18N4O4. The van der Waals surface area contributed by atoms with Crippen molar-refractivity contribution in [3.63, 3.8) is 0 Å². The lowest BCUT2D eigenvalue weighted by atomic mass is 10.1. The molecule has 1 N–H and O–H groups in total. The molecule has 8 heteroatoms. The first-order valence-corrected chi connectivity index (χ1v) is 7.73. The highest BCUT2D eigenvalue weighted by Crippen LogP contribution is 2.35. The standard InChI is InChI=1S/C16H18N4O4/c1-3-6-20-12-7-11(4-5-13(12)23-9-15(20)22)16-18-14(24-19-16)8-17-10(2)21/h4-5,7H,3,6,8-9H2,1-2H3,(H,17,21). The van der Waals surface area contributed by atoms with Crippen LogP contribution in [0.5, 0.6) is 5.75 Å². The van der Waals surface area contributed by atoms with Crippen molar-refractivity contribution in [1.29, 1.82) is 0 Å². The van der Waals surface area contributed by atoms with Crippen LogP contribution in [0.2, 0.25) is 0 Å². The quantitative estimate of drug-likeness (QED) is 0.892. The van der Waals surface area contributed by atoms with Crippen molar-refractivity contribution in [1.82, 2.24) is 15.5 Å². The third-order valence-corrected chi connectivity index (χ3v) is 3.56. The predicted molar refractivity (Wildman–Crippen MR) is 85.4 cm³/mol. The second kappa shape index (κ2) is 6.69. The number of aromatic nitrogens is 2. The van der Waals surface area contributed by atoms with E-state index in [2.05, 4.69) is 15.5 Å². The molecule has 0 aliphatic carbocycles. The normalized spacial score (nSPS) is 13.4. The number of anilines is 1. The Kier molecular flexibility index (Phi) is 4.45. The van der Waals surface area contributed by atoms with Crippen LogP contribution in [0.15, 0.2) is 22.7 Å². The number of nitrogens with zero attached hydrogens (tertiary/aromatic N) is 3. The lowest BCUT2D eigenvalue weighted by molar-refractivity contribution is -0.121. The van der Waals surface area contributed by atoms with Crippen LogP contribution in [-0.2, 0) is 16.1 Å². The van der Waals surface area contributed by atoms with Gasteiger partial charge in [-0.2, -0.15) is 4.98 Å². The monoisotopic (exact) mass is 330 g/mol. The van der Waals surface area contributed by atoms with Crippen molar-refractivity contribution in [2.45, 2.75) is 26.8 Å². The van der Waals surface area contributed by atoms with Crippen LogP contribution < -0.4 is 15.0 Å². The van der Waals surface area contributed by atoms with Crippen molar-refractivity contribution >= 4 is 17.5 Å². The van der Waals surface area contributed by atoms with E-state index < -0.39 is 0 Å². The molecule has 8 nitrogen and oxygen atoms in total. The molecule has 0 radical (unpaired) electrons. The van der Waals surface area contributed by atoms with Gasteiger partial charge in [0.1, 0.15) is 5.75 Å². The summed E-state index contributed by atoms with van der Waals surface area (Å²) in [6.45, 7) is 4.28. The molecule has 3 rings (SSSR count). The fourth-order valence-electron chi connectivity index (χ4n) is 2.45. The molecule has 0 bridgehead atoms. The van der Waals surface area contributed by atoms with Crippen LogP contribution in [0.4, 0.5) is 5.69 Å². The number of amides is 2. The molecule has 0 unspecified atom stereocenters. The van der Waals surface area contributed by atoms with Gasteiger partial charge in [0.25, 0.3) is 5.91 Å². The molecule has 0 fully saturated rings. The average Bonchev–Trinajstić information content (AvgIpc) is 3.04. The van der Waals surface area contributed by atoms with Crippen LogP contribution in [0.3, 0.4) is 0 Å². The lowest BCUT2D eigenvalue weighted by Gasteiger charge is -2.29. The molecule has 0 saturated heterocycles. The minimum atomic E-state index is -0.172. The first-order chi connectivity index (χ1) is 11.6. The van der Waals surface area contributed by atoms with E-state index in [1.807, 2.05) is 19.1 Å². The highest BCUT2D eigenvalue weighted by Gasteiger charge is 2.25. The Morgan fingerprint density at radius 3 is 3.00 bits per heavy atom. The zero-order chi connectivity index (χ0) is 17.1. The van der Waals surface area contributed by atoms with Crippen molar-refractivity contribution < 1.29 is 18.8 Å². The number of rotatable bonds is 5. The number of carbonyl (C=O) groups is 2. The van der Waals surface area contributed by atoms with Gasteiger partial charge < -0.3 is 19.5 Å². The first-order valence-electron chi connectivity index (χ1n) is 7.73. The second-order valence-corrected chi connectivity index (χ2v) is 5.44. The van der Waals surface area contributed by atoms with Gasteiger partial charge in [0, 0.05) is 19.0 Å². The summed E-state index contributed by atoms with van der Waals surface area (Å²) in [7, 11) is 0. The third-order valence-electron chi connectivity index (χ3n) is 3.56. The van der Waals surface area contributed by atoms with Crippen molar-refractivity contribution in [2.75, 3.05) is 18.1 Å². The maximum atomic E-state index is 12.1. The Morgan fingerprint density at radius 2 is 2.25 bits per heavy atom. The maximum Gasteiger partial charge on any atom is 0.265 e. The Hall–Kier alpha value is -2.90. The van der Waals surface area contributed by atoms with Crippen molar-refractivity contribution in [3.8, 4) is 17.1 Å².